The third-order valence-electron chi connectivity index (χ3n) is 5.48. The number of aromatic nitrogens is 1. The molecule has 176 valence electrons. The Morgan fingerprint density at radius 3 is 2.66 bits per heavy atom. The summed E-state index contributed by atoms with van der Waals surface area (Å²) in [4.78, 5) is 24.6. The van der Waals surface area contributed by atoms with E-state index in [1.165, 1.54) is 0 Å². The summed E-state index contributed by atoms with van der Waals surface area (Å²) in [5.41, 5.74) is 2.28. The number of carbonyl (C=O) groups is 2. The molecule has 9 nitrogen and oxygen atoms in total. The van der Waals surface area contributed by atoms with Gasteiger partial charge in [-0.25, -0.2) is 0 Å². The molecule has 0 saturated carbocycles. The predicted octanol–water partition coefficient (Wildman–Crippen LogP) is 4.77. The molecule has 35 heavy (non-hydrogen) atoms. The Labute approximate surface area is 213 Å². The van der Waals surface area contributed by atoms with Gasteiger partial charge in [-0.05, 0) is 58.5 Å². The average molecular weight is 582 g/mol. The fraction of sp³-hybridized carbons (Fsp3) is 0.120. The molecule has 1 aliphatic rings. The minimum Gasteiger partial charge on any atom is -0.493 e. The van der Waals surface area contributed by atoms with Crippen molar-refractivity contribution in [3.8, 4) is 17.4 Å². The molecule has 0 spiro atoms. The highest BCUT2D eigenvalue weighted by Crippen LogP contribution is 2.40. The van der Waals surface area contributed by atoms with Crippen LogP contribution in [-0.4, -0.2) is 34.8 Å². The number of halogens is 1. The zero-order valence-corrected chi connectivity index (χ0v) is 20.4. The van der Waals surface area contributed by atoms with E-state index in [-0.39, 0.29) is 30.8 Å². The molecule has 3 aromatic carbocycles. The molecule has 1 aromatic heterocycles. The number of para-hydroxylation sites is 1. The van der Waals surface area contributed by atoms with Crippen molar-refractivity contribution < 1.29 is 24.2 Å². The molecular weight excluding hydrogens is 563 g/mol. The molecule has 2 amide bonds. The SMILES string of the molecule is O=C(CNC(=O)c1ccccc1I)N=Nc1c(O)n(Cc2ccc3c(c2)OCO3)c2ccccc12. The standard InChI is InChI=1S/C25H19IN4O5/c26-18-7-3-1-5-16(18)24(32)27-12-22(31)28-29-23-17-6-2-4-8-19(17)30(25(23)33)13-15-9-10-20-21(11-15)35-14-34-20/h1-11,33H,12-14H2,(H,27,32). The summed E-state index contributed by atoms with van der Waals surface area (Å²) in [5, 5.41) is 21.9. The first-order valence-corrected chi connectivity index (χ1v) is 11.7. The summed E-state index contributed by atoms with van der Waals surface area (Å²) in [5.74, 6) is 0.190. The van der Waals surface area contributed by atoms with Gasteiger partial charge in [0.1, 0.15) is 6.54 Å². The van der Waals surface area contributed by atoms with Crippen LogP contribution in [0.4, 0.5) is 5.69 Å². The molecule has 2 heterocycles. The van der Waals surface area contributed by atoms with Crippen LogP contribution in [0, 0.1) is 3.57 Å². The minimum absolute atomic E-state index is 0.122. The number of hydrogen-bond donors (Lipinski definition) is 2. The molecule has 5 rings (SSSR count). The van der Waals surface area contributed by atoms with Gasteiger partial charge in [-0.3, -0.25) is 9.59 Å². The van der Waals surface area contributed by atoms with Crippen LogP contribution in [-0.2, 0) is 11.3 Å². The van der Waals surface area contributed by atoms with E-state index in [0.717, 1.165) is 14.7 Å². The number of hydrogen-bond acceptors (Lipinski definition) is 6. The van der Waals surface area contributed by atoms with Gasteiger partial charge in [-0.15, -0.1) is 10.2 Å². The van der Waals surface area contributed by atoms with Crippen LogP contribution in [0.15, 0.2) is 77.0 Å². The average Bonchev–Trinajstić information content (AvgIpc) is 3.44. The topological polar surface area (TPSA) is 115 Å². The third kappa shape index (κ3) is 4.69. The summed E-state index contributed by atoms with van der Waals surface area (Å²) in [7, 11) is 0. The van der Waals surface area contributed by atoms with Crippen molar-refractivity contribution in [2.75, 3.05) is 13.3 Å². The van der Waals surface area contributed by atoms with Gasteiger partial charge in [0.25, 0.3) is 11.8 Å². The van der Waals surface area contributed by atoms with Gasteiger partial charge in [0.2, 0.25) is 12.7 Å². The fourth-order valence-corrected chi connectivity index (χ4v) is 4.42. The first-order valence-electron chi connectivity index (χ1n) is 10.7. The fourth-order valence-electron chi connectivity index (χ4n) is 3.79. The maximum atomic E-state index is 12.3. The lowest BCUT2D eigenvalue weighted by molar-refractivity contribution is -0.117. The predicted molar refractivity (Wildman–Crippen MR) is 136 cm³/mol. The lowest BCUT2D eigenvalue weighted by Crippen LogP contribution is -2.29. The van der Waals surface area contributed by atoms with Crippen molar-refractivity contribution in [3.05, 3.63) is 81.4 Å². The lowest BCUT2D eigenvalue weighted by atomic mass is 10.2. The van der Waals surface area contributed by atoms with E-state index in [1.807, 2.05) is 42.5 Å². The van der Waals surface area contributed by atoms with Crippen molar-refractivity contribution in [1.29, 1.82) is 0 Å². The summed E-state index contributed by atoms with van der Waals surface area (Å²) >= 11 is 2.06. The van der Waals surface area contributed by atoms with E-state index in [0.29, 0.717) is 29.0 Å². The van der Waals surface area contributed by atoms with E-state index in [9.17, 15) is 14.7 Å². The summed E-state index contributed by atoms with van der Waals surface area (Å²) < 4.78 is 13.3. The second kappa shape index (κ2) is 9.74. The Morgan fingerprint density at radius 2 is 1.80 bits per heavy atom. The van der Waals surface area contributed by atoms with E-state index in [4.69, 9.17) is 9.47 Å². The van der Waals surface area contributed by atoms with Gasteiger partial charge < -0.3 is 24.5 Å². The molecule has 0 bridgehead atoms. The van der Waals surface area contributed by atoms with E-state index >= 15 is 0 Å². The molecule has 4 aromatic rings. The molecule has 0 saturated heterocycles. The summed E-state index contributed by atoms with van der Waals surface area (Å²) in [6.45, 7) is 0.211. The summed E-state index contributed by atoms with van der Waals surface area (Å²) in [6, 6.07) is 19.9. The van der Waals surface area contributed by atoms with Crippen molar-refractivity contribution >= 4 is 51.0 Å². The summed E-state index contributed by atoms with van der Waals surface area (Å²) in [6.07, 6.45) is 0. The number of fused-ring (bicyclic) bond motifs is 2. The number of carbonyl (C=O) groups excluding carboxylic acids is 2. The molecule has 0 aliphatic carbocycles. The number of amides is 2. The normalized spacial score (nSPS) is 12.4. The van der Waals surface area contributed by atoms with Gasteiger partial charge in [0, 0.05) is 8.96 Å². The maximum absolute atomic E-state index is 12.3. The number of azo groups is 1. The second-order valence-electron chi connectivity index (χ2n) is 7.72. The Hall–Kier alpha value is -3.93. The van der Waals surface area contributed by atoms with Gasteiger partial charge in [-0.2, -0.15) is 0 Å². The number of nitrogens with zero attached hydrogens (tertiary/aromatic N) is 3. The quantitative estimate of drug-likeness (QED) is 0.251. The smallest absolute Gasteiger partial charge is 0.283 e. The van der Waals surface area contributed by atoms with Crippen molar-refractivity contribution in [2.45, 2.75) is 6.54 Å². The lowest BCUT2D eigenvalue weighted by Gasteiger charge is -2.08. The van der Waals surface area contributed by atoms with Crippen LogP contribution in [0.25, 0.3) is 10.9 Å². The van der Waals surface area contributed by atoms with Crippen molar-refractivity contribution in [3.63, 3.8) is 0 Å². The molecule has 1 aliphatic heterocycles. The van der Waals surface area contributed by atoms with Gasteiger partial charge in [0.05, 0.1) is 17.6 Å². The Morgan fingerprint density at radius 1 is 1.03 bits per heavy atom. The third-order valence-corrected chi connectivity index (χ3v) is 6.42. The van der Waals surface area contributed by atoms with E-state index in [1.54, 1.807) is 28.8 Å². The molecule has 0 radical (unpaired) electrons. The highest BCUT2D eigenvalue weighted by Gasteiger charge is 2.19. The van der Waals surface area contributed by atoms with Crippen LogP contribution in [0.5, 0.6) is 17.4 Å². The Balaban J connectivity index is 1.35. The van der Waals surface area contributed by atoms with Crippen molar-refractivity contribution in [1.82, 2.24) is 9.88 Å². The molecule has 10 heteroatoms. The van der Waals surface area contributed by atoms with Crippen LogP contribution in [0.2, 0.25) is 0 Å². The minimum atomic E-state index is -0.642. The van der Waals surface area contributed by atoms with Crippen LogP contribution >= 0.6 is 22.6 Å². The first-order chi connectivity index (χ1) is 17.0. The number of benzene rings is 3. The zero-order chi connectivity index (χ0) is 24.4. The zero-order valence-electron chi connectivity index (χ0n) is 18.3. The van der Waals surface area contributed by atoms with Crippen LogP contribution in [0.1, 0.15) is 15.9 Å². The molecule has 0 atom stereocenters. The van der Waals surface area contributed by atoms with Crippen LogP contribution < -0.4 is 14.8 Å². The van der Waals surface area contributed by atoms with Gasteiger partial charge >= 0.3 is 0 Å². The van der Waals surface area contributed by atoms with Crippen molar-refractivity contribution in [2.24, 2.45) is 10.2 Å². The maximum Gasteiger partial charge on any atom is 0.283 e. The largest absolute Gasteiger partial charge is 0.493 e. The highest BCUT2D eigenvalue weighted by molar-refractivity contribution is 14.1. The van der Waals surface area contributed by atoms with E-state index < -0.39 is 5.91 Å². The first kappa shape index (κ1) is 22.8. The monoisotopic (exact) mass is 582 g/mol. The number of rotatable bonds is 6. The van der Waals surface area contributed by atoms with Gasteiger partial charge in [-0.1, -0.05) is 36.4 Å². The molecule has 2 N–H and O–H groups in total. The number of aromatic hydroxyl groups is 1. The van der Waals surface area contributed by atoms with Crippen LogP contribution in [0.3, 0.4) is 0 Å². The Bertz CT molecular complexity index is 1480. The Kier molecular flexibility index (Phi) is 6.36. The molecule has 0 fully saturated rings. The number of nitrogens with one attached hydrogen (secondary N) is 1. The second-order valence-corrected chi connectivity index (χ2v) is 8.88. The molecule has 0 unspecified atom stereocenters. The molecular formula is C25H19IN4O5. The van der Waals surface area contributed by atoms with E-state index in [2.05, 4.69) is 38.1 Å². The van der Waals surface area contributed by atoms with Gasteiger partial charge in [0.15, 0.2) is 17.2 Å². The number of ether oxygens (including phenoxy) is 2. The highest BCUT2D eigenvalue weighted by atomic mass is 127.